The molecule has 0 spiro atoms. The van der Waals surface area contributed by atoms with Crippen molar-refractivity contribution in [2.45, 2.75) is 136 Å². The van der Waals surface area contributed by atoms with Crippen LogP contribution in [0.1, 0.15) is 140 Å². The van der Waals surface area contributed by atoms with Crippen LogP contribution in [0.15, 0.2) is 30.3 Å². The minimum atomic E-state index is -1.16. The molecule has 0 aromatic heterocycles. The van der Waals surface area contributed by atoms with E-state index in [1.165, 1.54) is 96.6 Å². The van der Waals surface area contributed by atoms with E-state index in [9.17, 15) is 29.4 Å². The number of rotatable bonds is 30. The van der Waals surface area contributed by atoms with Gasteiger partial charge in [-0.25, -0.2) is 0 Å². The Labute approximate surface area is 311 Å². The Morgan fingerprint density at radius 2 is 1.19 bits per heavy atom. The average Bonchev–Trinajstić information content (AvgIpc) is 3.13. The smallest absolute Gasteiger partial charge is 0.316 e. The van der Waals surface area contributed by atoms with Crippen LogP contribution >= 0.6 is 0 Å². The molecule has 0 bridgehead atoms. The van der Waals surface area contributed by atoms with Gasteiger partial charge >= 0.3 is 5.97 Å². The molecular weight excluding hydrogens is 662 g/mol. The number of phenolic OH excluding ortho intramolecular Hbond substituents is 1. The van der Waals surface area contributed by atoms with Crippen molar-refractivity contribution in [3.8, 4) is 11.5 Å². The molecule has 0 aliphatic carbocycles. The summed E-state index contributed by atoms with van der Waals surface area (Å²) in [5, 5.41) is 29.5. The van der Waals surface area contributed by atoms with Gasteiger partial charge in [0.1, 0.15) is 17.4 Å². The van der Waals surface area contributed by atoms with E-state index in [0.717, 1.165) is 19.3 Å². The highest BCUT2D eigenvalue weighted by Gasteiger charge is 2.26. The summed E-state index contributed by atoms with van der Waals surface area (Å²) in [4.78, 5) is 50.1. The lowest BCUT2D eigenvalue weighted by Crippen LogP contribution is -2.40. The number of benzene rings is 2. The lowest BCUT2D eigenvalue weighted by molar-refractivity contribution is -0.147. The topological polar surface area (TPSA) is 163 Å². The van der Waals surface area contributed by atoms with Crippen LogP contribution < -0.4 is 20.7 Å². The lowest BCUT2D eigenvalue weighted by atomic mass is 9.99. The average molecular weight is 728 g/mol. The number of unbranched alkanes of at least 4 members (excludes halogenated alkanes) is 16. The van der Waals surface area contributed by atoms with Gasteiger partial charge in [0, 0.05) is 37.5 Å². The molecule has 3 amide bonds. The number of amides is 3. The number of ether oxygens (including phenoxy) is 2. The molecule has 292 valence electrons. The van der Waals surface area contributed by atoms with E-state index in [1.807, 2.05) is 0 Å². The molecule has 2 aromatic rings. The molecule has 0 heterocycles. The number of aliphatic carboxylic acids is 1. The van der Waals surface area contributed by atoms with Gasteiger partial charge in [-0.05, 0) is 19.4 Å². The Hall–Kier alpha value is -3.86. The van der Waals surface area contributed by atoms with Crippen LogP contribution in [-0.2, 0) is 19.1 Å². The number of carboxylic acids is 1. The zero-order chi connectivity index (χ0) is 38.0. The molecular formula is C41H65N3O8. The molecule has 0 aliphatic rings. The van der Waals surface area contributed by atoms with E-state index in [-0.39, 0.29) is 42.5 Å². The number of methoxy groups -OCH3 is 1. The van der Waals surface area contributed by atoms with E-state index >= 15 is 0 Å². The molecule has 0 saturated heterocycles. The van der Waals surface area contributed by atoms with Crippen molar-refractivity contribution < 1.29 is 38.9 Å². The Kier molecular flexibility index (Phi) is 22.9. The SMILES string of the molecule is CCCCCCCCCCCCCCCCCCCC(C(=O)O)C(=O)NCCNC(=O)c1cc(OC(C)C(=O)NCCOC)c2ccccc2c1O. The minimum Gasteiger partial charge on any atom is -0.506 e. The quantitative estimate of drug-likeness (QED) is 0.0405. The zero-order valence-electron chi connectivity index (χ0n) is 31.9. The number of hydrogen-bond acceptors (Lipinski definition) is 7. The standard InChI is InChI=1S/C41H65N3O8/c1-4-5-6-7-8-9-10-11-12-13-14-15-16-17-18-19-20-25-34(41(49)50)39(47)42-26-27-43-40(48)35-30-36(32-23-21-22-24-33(32)37(35)45)52-31(2)38(46)44-28-29-51-3/h21-24,30-31,34,45H,4-20,25-29H2,1-3H3,(H,42,47)(H,43,48)(H,44,46)(H,49,50). The highest BCUT2D eigenvalue weighted by atomic mass is 16.5. The molecule has 2 aromatic carbocycles. The third-order valence-corrected chi connectivity index (χ3v) is 9.42. The summed E-state index contributed by atoms with van der Waals surface area (Å²) in [5.41, 5.74) is -0.0609. The second-order valence-electron chi connectivity index (χ2n) is 13.7. The van der Waals surface area contributed by atoms with Crippen LogP contribution in [0.2, 0.25) is 0 Å². The Morgan fingerprint density at radius 3 is 1.73 bits per heavy atom. The molecule has 52 heavy (non-hydrogen) atoms. The number of fused-ring (bicyclic) bond motifs is 1. The van der Waals surface area contributed by atoms with Gasteiger partial charge in [0.15, 0.2) is 6.10 Å². The first-order valence-corrected chi connectivity index (χ1v) is 19.7. The molecule has 11 heteroatoms. The first-order valence-electron chi connectivity index (χ1n) is 19.7. The monoisotopic (exact) mass is 727 g/mol. The van der Waals surface area contributed by atoms with Crippen LogP contribution in [0.5, 0.6) is 11.5 Å². The van der Waals surface area contributed by atoms with Crippen LogP contribution in [0.4, 0.5) is 0 Å². The van der Waals surface area contributed by atoms with Crippen molar-refractivity contribution >= 4 is 34.5 Å². The third-order valence-electron chi connectivity index (χ3n) is 9.42. The van der Waals surface area contributed by atoms with Gasteiger partial charge in [-0.15, -0.1) is 0 Å². The van der Waals surface area contributed by atoms with E-state index in [0.29, 0.717) is 30.3 Å². The van der Waals surface area contributed by atoms with Gasteiger partial charge in [-0.3, -0.25) is 19.2 Å². The maximum atomic E-state index is 13.1. The molecule has 0 aliphatic heterocycles. The fourth-order valence-electron chi connectivity index (χ4n) is 6.28. The van der Waals surface area contributed by atoms with Gasteiger partial charge in [0.25, 0.3) is 11.8 Å². The predicted molar refractivity (Wildman–Crippen MR) is 206 cm³/mol. The van der Waals surface area contributed by atoms with Crippen molar-refractivity contribution in [1.82, 2.24) is 16.0 Å². The lowest BCUT2D eigenvalue weighted by Gasteiger charge is -2.18. The maximum absolute atomic E-state index is 13.1. The number of aromatic hydroxyl groups is 1. The first kappa shape index (κ1) is 44.3. The van der Waals surface area contributed by atoms with Crippen molar-refractivity contribution in [2.75, 3.05) is 33.4 Å². The molecule has 0 radical (unpaired) electrons. The first-order chi connectivity index (χ1) is 25.2. The van der Waals surface area contributed by atoms with E-state index in [2.05, 4.69) is 22.9 Å². The van der Waals surface area contributed by atoms with Crippen LogP contribution in [0, 0.1) is 5.92 Å². The maximum Gasteiger partial charge on any atom is 0.316 e. The van der Waals surface area contributed by atoms with Gasteiger partial charge in [0.2, 0.25) is 5.91 Å². The number of carbonyl (C=O) groups is 4. The summed E-state index contributed by atoms with van der Waals surface area (Å²) in [6.45, 7) is 4.53. The molecule has 5 N–H and O–H groups in total. The molecule has 11 nitrogen and oxygen atoms in total. The minimum absolute atomic E-state index is 0.0107. The number of hydrogen-bond donors (Lipinski definition) is 5. The summed E-state index contributed by atoms with van der Waals surface area (Å²) in [7, 11) is 1.53. The van der Waals surface area contributed by atoms with Crippen molar-refractivity contribution in [3.05, 3.63) is 35.9 Å². The van der Waals surface area contributed by atoms with Gasteiger partial charge in [-0.2, -0.15) is 0 Å². The summed E-state index contributed by atoms with van der Waals surface area (Å²) in [5.74, 6) is -3.87. The zero-order valence-corrected chi connectivity index (χ0v) is 31.9. The van der Waals surface area contributed by atoms with Gasteiger partial charge in [0.05, 0.1) is 12.2 Å². The van der Waals surface area contributed by atoms with E-state index in [1.54, 1.807) is 31.2 Å². The second kappa shape index (κ2) is 26.8. The van der Waals surface area contributed by atoms with Crippen LogP contribution in [-0.4, -0.2) is 73.4 Å². The molecule has 2 rings (SSSR count). The Bertz CT molecular complexity index is 1350. The normalized spacial score (nSPS) is 12.3. The Balaban J connectivity index is 1.69. The molecule has 0 fully saturated rings. The van der Waals surface area contributed by atoms with Crippen LogP contribution in [0.25, 0.3) is 10.8 Å². The van der Waals surface area contributed by atoms with Crippen molar-refractivity contribution in [3.63, 3.8) is 0 Å². The summed E-state index contributed by atoms with van der Waals surface area (Å²) in [6.07, 6.45) is 20.4. The van der Waals surface area contributed by atoms with Crippen molar-refractivity contribution in [2.24, 2.45) is 5.92 Å². The fraction of sp³-hybridized carbons (Fsp3) is 0.659. The molecule has 2 atom stereocenters. The van der Waals surface area contributed by atoms with E-state index in [4.69, 9.17) is 9.47 Å². The number of nitrogens with one attached hydrogen (secondary N) is 3. The number of carbonyl (C=O) groups excluding carboxylic acids is 3. The van der Waals surface area contributed by atoms with Gasteiger partial charge in [-0.1, -0.05) is 140 Å². The molecule has 2 unspecified atom stereocenters. The summed E-state index contributed by atoms with van der Waals surface area (Å²) in [6, 6.07) is 8.21. The third kappa shape index (κ3) is 17.1. The summed E-state index contributed by atoms with van der Waals surface area (Å²) < 4.78 is 10.9. The number of phenols is 1. The predicted octanol–water partition coefficient (Wildman–Crippen LogP) is 7.66. The number of carboxylic acid groups (broad SMARTS) is 1. The van der Waals surface area contributed by atoms with Gasteiger partial charge < -0.3 is 35.6 Å². The summed E-state index contributed by atoms with van der Waals surface area (Å²) >= 11 is 0. The molecule has 0 saturated carbocycles. The largest absolute Gasteiger partial charge is 0.506 e. The van der Waals surface area contributed by atoms with Crippen LogP contribution in [0.3, 0.4) is 0 Å². The van der Waals surface area contributed by atoms with Crippen molar-refractivity contribution in [1.29, 1.82) is 0 Å². The highest BCUT2D eigenvalue weighted by Crippen LogP contribution is 2.36. The fourth-order valence-corrected chi connectivity index (χ4v) is 6.28. The Morgan fingerprint density at radius 1 is 0.692 bits per heavy atom. The van der Waals surface area contributed by atoms with E-state index < -0.39 is 29.8 Å². The highest BCUT2D eigenvalue weighted by molar-refractivity contribution is 6.06. The second-order valence-corrected chi connectivity index (χ2v) is 13.7.